The first-order chi connectivity index (χ1) is 18.5. The number of piperidine rings is 1. The van der Waals surface area contributed by atoms with Gasteiger partial charge in [0.25, 0.3) is 5.91 Å². The molecule has 1 aliphatic carbocycles. The van der Waals surface area contributed by atoms with Crippen molar-refractivity contribution in [1.29, 1.82) is 0 Å². The summed E-state index contributed by atoms with van der Waals surface area (Å²) in [5.41, 5.74) is 2.30. The van der Waals surface area contributed by atoms with Crippen LogP contribution < -0.4 is 19.5 Å². The minimum Gasteiger partial charge on any atom is -0.493 e. The first kappa shape index (κ1) is 24.8. The number of likely N-dealkylation sites (tertiary alicyclic amines) is 1. The van der Waals surface area contributed by atoms with Crippen molar-refractivity contribution in [1.82, 2.24) is 15.1 Å². The molecule has 8 heteroatoms. The average molecular weight is 518 g/mol. The van der Waals surface area contributed by atoms with Gasteiger partial charge in [0.2, 0.25) is 5.91 Å². The molecule has 0 bridgehead atoms. The molecular formula is C30H35N3O5. The molecule has 1 unspecified atom stereocenters. The fourth-order valence-corrected chi connectivity index (χ4v) is 6.22. The van der Waals surface area contributed by atoms with Crippen LogP contribution in [0.25, 0.3) is 0 Å². The summed E-state index contributed by atoms with van der Waals surface area (Å²) in [5, 5.41) is 2.80. The Morgan fingerprint density at radius 2 is 1.76 bits per heavy atom. The number of hydrogen-bond donors (Lipinski definition) is 1. The summed E-state index contributed by atoms with van der Waals surface area (Å²) in [6.07, 6.45) is 5.98. The summed E-state index contributed by atoms with van der Waals surface area (Å²) in [4.78, 5) is 29.7. The molecule has 0 aromatic heterocycles. The molecule has 4 aliphatic rings. The molecule has 3 heterocycles. The van der Waals surface area contributed by atoms with Crippen LogP contribution in [-0.4, -0.2) is 66.1 Å². The number of carbonyl (C=O) groups is 2. The van der Waals surface area contributed by atoms with E-state index in [1.54, 1.807) is 12.0 Å². The molecule has 2 aromatic rings. The monoisotopic (exact) mass is 517 g/mol. The maximum Gasteiger partial charge on any atom is 0.255 e. The molecule has 1 N–H and O–H groups in total. The first-order valence-corrected chi connectivity index (χ1v) is 13.6. The van der Waals surface area contributed by atoms with Crippen LogP contribution in [0.2, 0.25) is 0 Å². The van der Waals surface area contributed by atoms with Gasteiger partial charge in [0.1, 0.15) is 24.0 Å². The van der Waals surface area contributed by atoms with Crippen LogP contribution in [-0.2, 0) is 11.3 Å². The molecule has 0 spiro atoms. The molecule has 1 saturated carbocycles. The number of hydrogen-bond acceptors (Lipinski definition) is 6. The van der Waals surface area contributed by atoms with E-state index in [-0.39, 0.29) is 24.0 Å². The van der Waals surface area contributed by atoms with Crippen LogP contribution in [0, 0.1) is 0 Å². The van der Waals surface area contributed by atoms with Gasteiger partial charge < -0.3 is 24.4 Å². The predicted octanol–water partition coefficient (Wildman–Crippen LogP) is 3.90. The standard InChI is InChI=1S/C30H35N3O5/c1-19-11-14-25(29(34)31-19)33-16-20-15-21(12-13-23(20)30(33)35)37-26-8-4-3-7-24(26)32-17-22(18-32)38-28-10-6-5-9-27(28)36-2/h5-6,9-10,12-13,15,22,24-26H,1,3-4,7-8,11,14,16-18H2,2H3,(H,31,34)/t24-,25?,26+/m1/s1. The van der Waals surface area contributed by atoms with E-state index in [9.17, 15) is 9.59 Å². The number of para-hydroxylation sites is 2. The molecule has 2 saturated heterocycles. The summed E-state index contributed by atoms with van der Waals surface area (Å²) in [6, 6.07) is 13.4. The lowest BCUT2D eigenvalue weighted by atomic mass is 9.89. The van der Waals surface area contributed by atoms with Gasteiger partial charge in [0, 0.05) is 36.9 Å². The van der Waals surface area contributed by atoms with Gasteiger partial charge in [-0.05, 0) is 68.0 Å². The zero-order valence-corrected chi connectivity index (χ0v) is 21.9. The Morgan fingerprint density at radius 3 is 2.55 bits per heavy atom. The number of allylic oxidation sites excluding steroid dienone is 1. The maximum absolute atomic E-state index is 13.1. The van der Waals surface area contributed by atoms with E-state index in [2.05, 4.69) is 16.8 Å². The molecular weight excluding hydrogens is 482 g/mol. The second-order valence-corrected chi connectivity index (χ2v) is 10.8. The highest BCUT2D eigenvalue weighted by Crippen LogP contribution is 2.35. The molecule has 3 fully saturated rings. The van der Waals surface area contributed by atoms with Gasteiger partial charge in [-0.1, -0.05) is 25.1 Å². The van der Waals surface area contributed by atoms with E-state index < -0.39 is 6.04 Å². The number of nitrogens with one attached hydrogen (secondary N) is 1. The van der Waals surface area contributed by atoms with E-state index in [1.165, 1.54) is 6.42 Å². The molecule has 2 aromatic carbocycles. The predicted molar refractivity (Wildman–Crippen MR) is 142 cm³/mol. The van der Waals surface area contributed by atoms with Gasteiger partial charge in [-0.3, -0.25) is 14.5 Å². The molecule has 200 valence electrons. The van der Waals surface area contributed by atoms with Crippen LogP contribution in [0.15, 0.2) is 54.7 Å². The maximum atomic E-state index is 13.1. The second-order valence-electron chi connectivity index (χ2n) is 10.8. The van der Waals surface area contributed by atoms with E-state index in [1.807, 2.05) is 42.5 Å². The van der Waals surface area contributed by atoms with Gasteiger partial charge in [0.05, 0.1) is 7.11 Å². The Bertz CT molecular complexity index is 1240. The SMILES string of the molecule is C=C1CCC(N2Cc3cc(O[C@H]4CCCC[C@H]4N4CC(Oc5ccccc5OC)C4)ccc3C2=O)C(=O)N1. The summed E-state index contributed by atoms with van der Waals surface area (Å²) >= 11 is 0. The summed E-state index contributed by atoms with van der Waals surface area (Å²) in [5.74, 6) is 2.10. The van der Waals surface area contributed by atoms with Crippen molar-refractivity contribution >= 4 is 11.8 Å². The van der Waals surface area contributed by atoms with E-state index in [0.717, 1.165) is 55.2 Å². The fourth-order valence-electron chi connectivity index (χ4n) is 6.22. The Balaban J connectivity index is 1.09. The third-order valence-corrected chi connectivity index (χ3v) is 8.27. The van der Waals surface area contributed by atoms with Crippen LogP contribution in [0.1, 0.15) is 54.4 Å². The Hall–Kier alpha value is -3.52. The fraction of sp³-hybridized carbons (Fsp3) is 0.467. The van der Waals surface area contributed by atoms with Gasteiger partial charge in [-0.2, -0.15) is 0 Å². The number of methoxy groups -OCH3 is 1. The highest BCUT2D eigenvalue weighted by Gasteiger charge is 2.41. The number of nitrogens with zero attached hydrogens (tertiary/aromatic N) is 2. The smallest absolute Gasteiger partial charge is 0.255 e. The molecule has 6 rings (SSSR count). The highest BCUT2D eigenvalue weighted by molar-refractivity contribution is 6.01. The quantitative estimate of drug-likeness (QED) is 0.600. The number of carbonyl (C=O) groups excluding carboxylic acids is 2. The molecule has 38 heavy (non-hydrogen) atoms. The van der Waals surface area contributed by atoms with Gasteiger partial charge >= 0.3 is 0 Å². The lowest BCUT2D eigenvalue weighted by molar-refractivity contribution is -0.126. The lowest BCUT2D eigenvalue weighted by Gasteiger charge is -2.47. The van der Waals surface area contributed by atoms with Crippen molar-refractivity contribution < 1.29 is 23.8 Å². The molecule has 0 radical (unpaired) electrons. The van der Waals surface area contributed by atoms with Crippen molar-refractivity contribution in [2.75, 3.05) is 20.2 Å². The van der Waals surface area contributed by atoms with Crippen LogP contribution in [0.5, 0.6) is 17.2 Å². The summed E-state index contributed by atoms with van der Waals surface area (Å²) in [6.45, 7) is 6.01. The number of benzene rings is 2. The zero-order chi connectivity index (χ0) is 26.2. The van der Waals surface area contributed by atoms with Crippen LogP contribution >= 0.6 is 0 Å². The van der Waals surface area contributed by atoms with Crippen molar-refractivity contribution in [3.8, 4) is 17.2 Å². The number of ether oxygens (including phenoxy) is 3. The topological polar surface area (TPSA) is 80.3 Å². The number of fused-ring (bicyclic) bond motifs is 1. The molecule has 2 amide bonds. The third-order valence-electron chi connectivity index (χ3n) is 8.27. The largest absolute Gasteiger partial charge is 0.493 e. The first-order valence-electron chi connectivity index (χ1n) is 13.6. The van der Waals surface area contributed by atoms with E-state index in [4.69, 9.17) is 14.2 Å². The molecule has 3 aliphatic heterocycles. The lowest BCUT2D eigenvalue weighted by Crippen LogP contribution is -2.62. The van der Waals surface area contributed by atoms with Crippen LogP contribution in [0.4, 0.5) is 0 Å². The molecule has 3 atom stereocenters. The van der Waals surface area contributed by atoms with Gasteiger partial charge in [0.15, 0.2) is 11.5 Å². The van der Waals surface area contributed by atoms with Gasteiger partial charge in [-0.15, -0.1) is 0 Å². The van der Waals surface area contributed by atoms with Crippen LogP contribution in [0.3, 0.4) is 0 Å². The third kappa shape index (κ3) is 4.73. The van der Waals surface area contributed by atoms with Crippen molar-refractivity contribution in [2.24, 2.45) is 0 Å². The Morgan fingerprint density at radius 1 is 0.974 bits per heavy atom. The summed E-state index contributed by atoms with van der Waals surface area (Å²) in [7, 11) is 1.66. The molecule has 8 nitrogen and oxygen atoms in total. The minimum atomic E-state index is -0.454. The second kappa shape index (κ2) is 10.3. The highest BCUT2D eigenvalue weighted by atomic mass is 16.5. The van der Waals surface area contributed by atoms with Crippen molar-refractivity contribution in [2.45, 2.75) is 69.4 Å². The Labute approximate surface area is 223 Å². The normalized spacial score (nSPS) is 26.0. The van der Waals surface area contributed by atoms with Crippen molar-refractivity contribution in [3.63, 3.8) is 0 Å². The zero-order valence-electron chi connectivity index (χ0n) is 21.9. The van der Waals surface area contributed by atoms with E-state index >= 15 is 0 Å². The van der Waals surface area contributed by atoms with Gasteiger partial charge in [-0.25, -0.2) is 0 Å². The number of amides is 2. The number of rotatable bonds is 7. The minimum absolute atomic E-state index is 0.0866. The van der Waals surface area contributed by atoms with E-state index in [0.29, 0.717) is 36.7 Å². The summed E-state index contributed by atoms with van der Waals surface area (Å²) < 4.78 is 18.2. The Kier molecular flexibility index (Phi) is 6.74. The van der Waals surface area contributed by atoms with Crippen molar-refractivity contribution in [3.05, 3.63) is 65.9 Å². The average Bonchev–Trinajstić information content (AvgIpc) is 3.22.